The van der Waals surface area contributed by atoms with Gasteiger partial charge in [0.25, 0.3) is 0 Å². The van der Waals surface area contributed by atoms with Crippen LogP contribution in [0.4, 0.5) is 5.69 Å². The SMILES string of the molecule is COc1ccc(CCn2c(O)c(C=C3C=Nc4ccc(OC)cc43)sc2=S)cc1. The molecule has 7 heteroatoms. The van der Waals surface area contributed by atoms with E-state index in [2.05, 4.69) is 4.99 Å². The monoisotopic (exact) mass is 424 g/mol. The van der Waals surface area contributed by atoms with Crippen LogP contribution >= 0.6 is 23.6 Å². The van der Waals surface area contributed by atoms with Gasteiger partial charge in [-0.15, -0.1) is 11.3 Å². The van der Waals surface area contributed by atoms with Gasteiger partial charge in [0.1, 0.15) is 11.5 Å². The second-order valence-electron chi connectivity index (χ2n) is 6.55. The van der Waals surface area contributed by atoms with Crippen molar-refractivity contribution >= 4 is 47.1 Å². The van der Waals surface area contributed by atoms with Gasteiger partial charge in [-0.25, -0.2) is 0 Å². The number of hydrogen-bond donors (Lipinski definition) is 1. The van der Waals surface area contributed by atoms with Crippen LogP contribution in [0.2, 0.25) is 0 Å². The average molecular weight is 425 g/mol. The molecule has 0 aliphatic carbocycles. The number of hydrogen-bond acceptors (Lipinski definition) is 6. The number of nitrogens with zero attached hydrogens (tertiary/aromatic N) is 2. The predicted molar refractivity (Wildman–Crippen MR) is 121 cm³/mol. The second-order valence-corrected chi connectivity index (χ2v) is 8.22. The van der Waals surface area contributed by atoms with Crippen molar-refractivity contribution < 1.29 is 14.6 Å². The molecule has 148 valence electrons. The molecule has 0 radical (unpaired) electrons. The van der Waals surface area contributed by atoms with E-state index in [0.717, 1.165) is 45.2 Å². The number of ether oxygens (including phenoxy) is 2. The van der Waals surface area contributed by atoms with Gasteiger partial charge in [0.05, 0.1) is 24.8 Å². The van der Waals surface area contributed by atoms with Crippen LogP contribution in [0.15, 0.2) is 47.5 Å². The van der Waals surface area contributed by atoms with E-state index in [1.807, 2.05) is 48.5 Å². The van der Waals surface area contributed by atoms with E-state index in [0.29, 0.717) is 10.5 Å². The van der Waals surface area contributed by atoms with E-state index in [9.17, 15) is 5.11 Å². The maximum absolute atomic E-state index is 10.8. The lowest BCUT2D eigenvalue weighted by molar-refractivity contribution is 0.412. The summed E-state index contributed by atoms with van der Waals surface area (Å²) in [5, 5.41) is 10.8. The Bertz CT molecular complexity index is 1160. The van der Waals surface area contributed by atoms with Gasteiger partial charge >= 0.3 is 0 Å². The van der Waals surface area contributed by atoms with Crippen molar-refractivity contribution in [2.24, 2.45) is 4.99 Å². The zero-order valence-electron chi connectivity index (χ0n) is 16.1. The highest BCUT2D eigenvalue weighted by molar-refractivity contribution is 7.73. The van der Waals surface area contributed by atoms with Crippen molar-refractivity contribution in [2.45, 2.75) is 13.0 Å². The molecule has 1 aliphatic heterocycles. The van der Waals surface area contributed by atoms with Gasteiger partial charge < -0.3 is 14.6 Å². The molecule has 3 aromatic rings. The summed E-state index contributed by atoms with van der Waals surface area (Å²) >= 11 is 6.88. The topological polar surface area (TPSA) is 56.0 Å². The Morgan fingerprint density at radius 2 is 1.83 bits per heavy atom. The van der Waals surface area contributed by atoms with Gasteiger partial charge in [0, 0.05) is 23.9 Å². The largest absolute Gasteiger partial charge is 0.497 e. The molecule has 5 nitrogen and oxygen atoms in total. The van der Waals surface area contributed by atoms with Crippen LogP contribution < -0.4 is 9.47 Å². The minimum atomic E-state index is 0.186. The predicted octanol–water partition coefficient (Wildman–Crippen LogP) is 5.50. The number of aromatic nitrogens is 1. The molecule has 0 amide bonds. The van der Waals surface area contributed by atoms with Crippen LogP contribution in [0.5, 0.6) is 17.4 Å². The van der Waals surface area contributed by atoms with Gasteiger partial charge in [0.2, 0.25) is 5.88 Å². The highest BCUT2D eigenvalue weighted by Gasteiger charge is 2.16. The molecule has 1 N–H and O–H groups in total. The molecule has 29 heavy (non-hydrogen) atoms. The molecule has 0 atom stereocenters. The standard InChI is InChI=1S/C22H20N2O3S2/c1-26-16-5-3-14(4-6-16)9-10-24-21(25)20(29-22(24)28)11-15-13-23-19-8-7-17(27-2)12-18(15)19/h3-8,11-13,25H,9-10H2,1-2H3. The number of aliphatic imine (C=N–C) groups is 1. The summed E-state index contributed by atoms with van der Waals surface area (Å²) in [7, 11) is 3.29. The molecule has 0 fully saturated rings. The van der Waals surface area contributed by atoms with Crippen molar-refractivity contribution in [1.82, 2.24) is 4.57 Å². The van der Waals surface area contributed by atoms with Gasteiger partial charge in [-0.2, -0.15) is 0 Å². The average Bonchev–Trinajstić information content (AvgIpc) is 3.27. The van der Waals surface area contributed by atoms with Gasteiger partial charge in [-0.1, -0.05) is 12.1 Å². The van der Waals surface area contributed by atoms with Crippen LogP contribution in [0, 0.1) is 3.95 Å². The maximum Gasteiger partial charge on any atom is 0.210 e. The summed E-state index contributed by atoms with van der Waals surface area (Å²) in [6.45, 7) is 0.606. The van der Waals surface area contributed by atoms with E-state index < -0.39 is 0 Å². The molecule has 0 spiro atoms. The molecule has 1 aliphatic rings. The molecule has 0 saturated heterocycles. The Morgan fingerprint density at radius 1 is 1.10 bits per heavy atom. The molecule has 0 bridgehead atoms. The first-order valence-corrected chi connectivity index (χ1v) is 10.3. The highest BCUT2D eigenvalue weighted by Crippen LogP contribution is 2.37. The first-order valence-electron chi connectivity index (χ1n) is 9.08. The Hall–Kier alpha value is -2.90. The zero-order valence-corrected chi connectivity index (χ0v) is 17.7. The number of methoxy groups -OCH3 is 2. The fourth-order valence-electron chi connectivity index (χ4n) is 3.19. The van der Waals surface area contributed by atoms with Crippen LogP contribution in [0.3, 0.4) is 0 Å². The third-order valence-electron chi connectivity index (χ3n) is 4.82. The first-order chi connectivity index (χ1) is 14.1. The summed E-state index contributed by atoms with van der Waals surface area (Å²) in [5.41, 5.74) is 3.95. The summed E-state index contributed by atoms with van der Waals surface area (Å²) in [4.78, 5) is 5.16. The highest BCUT2D eigenvalue weighted by atomic mass is 32.1. The van der Waals surface area contributed by atoms with Crippen LogP contribution in [0.25, 0.3) is 11.6 Å². The summed E-state index contributed by atoms with van der Waals surface area (Å²) in [6, 6.07) is 13.7. The number of aryl methyl sites for hydroxylation is 1. The molecule has 1 aromatic heterocycles. The Balaban J connectivity index is 1.57. The maximum atomic E-state index is 10.8. The molecule has 0 unspecified atom stereocenters. The Morgan fingerprint density at radius 3 is 2.55 bits per heavy atom. The van der Waals surface area contributed by atoms with Crippen molar-refractivity contribution in [3.05, 3.63) is 62.4 Å². The summed E-state index contributed by atoms with van der Waals surface area (Å²) < 4.78 is 12.9. The van der Waals surface area contributed by atoms with Crippen molar-refractivity contribution in [3.8, 4) is 17.4 Å². The fourth-order valence-corrected chi connectivity index (χ4v) is 4.50. The van der Waals surface area contributed by atoms with E-state index in [4.69, 9.17) is 21.7 Å². The quantitative estimate of drug-likeness (QED) is 0.531. The third kappa shape index (κ3) is 3.97. The normalized spacial score (nSPS) is 13.7. The smallest absolute Gasteiger partial charge is 0.210 e. The minimum Gasteiger partial charge on any atom is -0.497 e. The van der Waals surface area contributed by atoms with Gasteiger partial charge in [0.15, 0.2) is 3.95 Å². The zero-order chi connectivity index (χ0) is 20.4. The summed E-state index contributed by atoms with van der Waals surface area (Å²) in [6.07, 6.45) is 4.49. The van der Waals surface area contributed by atoms with Crippen LogP contribution in [0.1, 0.15) is 16.0 Å². The van der Waals surface area contributed by atoms with Gasteiger partial charge in [-0.05, 0) is 60.6 Å². The number of benzene rings is 2. The minimum absolute atomic E-state index is 0.186. The van der Waals surface area contributed by atoms with Crippen molar-refractivity contribution in [3.63, 3.8) is 0 Å². The number of aromatic hydroxyl groups is 1. The van der Waals surface area contributed by atoms with Gasteiger partial charge in [-0.3, -0.25) is 9.56 Å². The van der Waals surface area contributed by atoms with Crippen molar-refractivity contribution in [1.29, 1.82) is 0 Å². The number of thiazole rings is 1. The Kier molecular flexibility index (Phi) is 5.51. The fraction of sp³-hybridized carbons (Fsp3) is 0.182. The number of allylic oxidation sites excluding steroid dienone is 1. The lowest BCUT2D eigenvalue weighted by Crippen LogP contribution is -2.00. The number of rotatable bonds is 6. The summed E-state index contributed by atoms with van der Waals surface area (Å²) in [5.74, 6) is 1.78. The first kappa shape index (κ1) is 19.4. The van der Waals surface area contributed by atoms with E-state index in [1.165, 1.54) is 11.3 Å². The van der Waals surface area contributed by atoms with E-state index in [-0.39, 0.29) is 5.88 Å². The Labute approximate surface area is 178 Å². The molecule has 2 aromatic carbocycles. The third-order valence-corrected chi connectivity index (χ3v) is 6.21. The number of fused-ring (bicyclic) bond motifs is 1. The van der Waals surface area contributed by atoms with Crippen molar-refractivity contribution in [2.75, 3.05) is 14.2 Å². The lowest BCUT2D eigenvalue weighted by Gasteiger charge is -2.06. The van der Waals surface area contributed by atoms with Crippen LogP contribution in [-0.2, 0) is 13.0 Å². The van der Waals surface area contributed by atoms with Crippen LogP contribution in [-0.4, -0.2) is 30.1 Å². The second kappa shape index (κ2) is 8.23. The lowest BCUT2D eigenvalue weighted by atomic mass is 10.1. The molecular formula is C22H20N2O3S2. The molecular weight excluding hydrogens is 404 g/mol. The molecule has 0 saturated carbocycles. The van der Waals surface area contributed by atoms with E-state index in [1.54, 1.807) is 25.0 Å². The van der Waals surface area contributed by atoms with E-state index >= 15 is 0 Å². The molecule has 2 heterocycles. The molecule has 4 rings (SSSR count).